The number of non-ortho nitro benzene ring substituents is 1. The van der Waals surface area contributed by atoms with Crippen molar-refractivity contribution in [3.05, 3.63) is 87.7 Å². The minimum Gasteiger partial charge on any atom is -0.457 e. The smallest absolute Gasteiger partial charge is 0.282 e. The lowest BCUT2D eigenvalue weighted by molar-refractivity contribution is -0.384. The van der Waals surface area contributed by atoms with Crippen LogP contribution in [0.1, 0.15) is 11.3 Å². The summed E-state index contributed by atoms with van der Waals surface area (Å²) in [6.07, 6.45) is 1.36. The normalized spacial score (nSPS) is 15.1. The van der Waals surface area contributed by atoms with Crippen LogP contribution in [0.4, 0.5) is 11.4 Å². The molecule has 1 saturated heterocycles. The molecule has 0 radical (unpaired) electrons. The third-order valence-corrected chi connectivity index (χ3v) is 4.41. The molecule has 3 aromatic rings. The third kappa shape index (κ3) is 3.51. The number of anilines is 1. The van der Waals surface area contributed by atoms with Gasteiger partial charge in [-0.05, 0) is 42.8 Å². The van der Waals surface area contributed by atoms with Crippen LogP contribution < -0.4 is 10.4 Å². The molecule has 144 valence electrons. The maximum absolute atomic E-state index is 12.7. The second kappa shape index (κ2) is 7.08. The Morgan fingerprint density at radius 1 is 1.07 bits per heavy atom. The summed E-state index contributed by atoms with van der Waals surface area (Å²) >= 11 is 0. The fraction of sp³-hybridized carbons (Fsp3) is 0.0476. The van der Waals surface area contributed by atoms with Crippen molar-refractivity contribution in [3.63, 3.8) is 0 Å². The van der Waals surface area contributed by atoms with Gasteiger partial charge in [-0.2, -0.15) is 0 Å². The summed E-state index contributed by atoms with van der Waals surface area (Å²) < 4.78 is 5.67. The highest BCUT2D eigenvalue weighted by atomic mass is 16.6. The van der Waals surface area contributed by atoms with Gasteiger partial charge < -0.3 is 4.42 Å². The molecule has 2 amide bonds. The molecule has 1 fully saturated rings. The SMILES string of the molecule is Cc1cccc(N2NC(=O)/C(=C/c3ccc(-c4cccc([N+](=O)[O-])c4)o3)C2=O)c1. The summed E-state index contributed by atoms with van der Waals surface area (Å²) in [4.78, 5) is 35.4. The Morgan fingerprint density at radius 3 is 2.62 bits per heavy atom. The highest BCUT2D eigenvalue weighted by Crippen LogP contribution is 2.28. The number of nitro groups is 1. The van der Waals surface area contributed by atoms with Crippen molar-refractivity contribution in [3.8, 4) is 11.3 Å². The molecule has 1 aliphatic heterocycles. The number of rotatable bonds is 4. The van der Waals surface area contributed by atoms with E-state index in [9.17, 15) is 19.7 Å². The van der Waals surface area contributed by atoms with E-state index in [-0.39, 0.29) is 17.0 Å². The van der Waals surface area contributed by atoms with E-state index in [1.165, 1.54) is 23.2 Å². The van der Waals surface area contributed by atoms with Crippen molar-refractivity contribution in [1.82, 2.24) is 5.43 Å². The van der Waals surface area contributed by atoms with E-state index in [0.717, 1.165) is 5.56 Å². The van der Waals surface area contributed by atoms with E-state index in [0.29, 0.717) is 17.0 Å². The number of hydrogen-bond donors (Lipinski definition) is 1. The number of hydrogen-bond acceptors (Lipinski definition) is 5. The average Bonchev–Trinajstić information content (AvgIpc) is 3.28. The van der Waals surface area contributed by atoms with Crippen molar-refractivity contribution in [2.45, 2.75) is 6.92 Å². The Labute approximate surface area is 165 Å². The first-order valence-electron chi connectivity index (χ1n) is 8.71. The van der Waals surface area contributed by atoms with Crippen LogP contribution in [0.5, 0.6) is 0 Å². The van der Waals surface area contributed by atoms with Gasteiger partial charge in [-0.25, -0.2) is 5.01 Å². The number of amides is 2. The van der Waals surface area contributed by atoms with Gasteiger partial charge >= 0.3 is 0 Å². The number of carbonyl (C=O) groups excluding carboxylic acids is 2. The minimum atomic E-state index is -0.537. The molecule has 1 aliphatic rings. The molecule has 8 heteroatoms. The number of furan rings is 1. The van der Waals surface area contributed by atoms with Crippen LogP contribution in [-0.2, 0) is 9.59 Å². The number of nitrogens with zero attached hydrogens (tertiary/aromatic N) is 2. The van der Waals surface area contributed by atoms with E-state index >= 15 is 0 Å². The molecule has 29 heavy (non-hydrogen) atoms. The van der Waals surface area contributed by atoms with Crippen LogP contribution in [0.3, 0.4) is 0 Å². The average molecular weight is 389 g/mol. The molecule has 0 saturated carbocycles. The predicted octanol–water partition coefficient (Wildman–Crippen LogP) is 3.62. The molecule has 1 N–H and O–H groups in total. The van der Waals surface area contributed by atoms with Gasteiger partial charge in [0.1, 0.15) is 17.1 Å². The number of benzene rings is 2. The van der Waals surface area contributed by atoms with Crippen molar-refractivity contribution in [2.24, 2.45) is 0 Å². The molecule has 4 rings (SSSR count). The minimum absolute atomic E-state index is 0.0575. The van der Waals surface area contributed by atoms with E-state index < -0.39 is 16.7 Å². The number of carbonyl (C=O) groups is 2. The first-order chi connectivity index (χ1) is 13.9. The zero-order valence-electron chi connectivity index (χ0n) is 15.3. The van der Waals surface area contributed by atoms with Gasteiger partial charge in [0.05, 0.1) is 10.6 Å². The zero-order valence-corrected chi connectivity index (χ0v) is 15.3. The van der Waals surface area contributed by atoms with E-state index in [1.807, 2.05) is 13.0 Å². The van der Waals surface area contributed by atoms with Crippen molar-refractivity contribution < 1.29 is 18.9 Å². The van der Waals surface area contributed by atoms with Gasteiger partial charge in [-0.15, -0.1) is 0 Å². The van der Waals surface area contributed by atoms with Gasteiger partial charge in [0.15, 0.2) is 0 Å². The first kappa shape index (κ1) is 18.2. The lowest BCUT2D eigenvalue weighted by Gasteiger charge is -2.14. The second-order valence-electron chi connectivity index (χ2n) is 6.49. The first-order valence-corrected chi connectivity index (χ1v) is 8.71. The maximum atomic E-state index is 12.7. The van der Waals surface area contributed by atoms with Crippen LogP contribution in [0, 0.1) is 17.0 Å². The molecular weight excluding hydrogens is 374 g/mol. The Hall–Kier alpha value is -4.20. The van der Waals surface area contributed by atoms with Crippen LogP contribution in [0.25, 0.3) is 17.4 Å². The van der Waals surface area contributed by atoms with E-state index in [4.69, 9.17) is 4.42 Å². The molecule has 0 spiro atoms. The molecule has 0 atom stereocenters. The number of nitrogens with one attached hydrogen (secondary N) is 1. The zero-order chi connectivity index (χ0) is 20.5. The molecule has 2 heterocycles. The number of hydrazine groups is 1. The second-order valence-corrected chi connectivity index (χ2v) is 6.49. The molecule has 1 aromatic heterocycles. The van der Waals surface area contributed by atoms with Crippen LogP contribution in [0.15, 0.2) is 70.7 Å². The lowest BCUT2D eigenvalue weighted by atomic mass is 10.1. The van der Waals surface area contributed by atoms with Crippen LogP contribution in [0.2, 0.25) is 0 Å². The largest absolute Gasteiger partial charge is 0.457 e. The van der Waals surface area contributed by atoms with Crippen molar-refractivity contribution in [2.75, 3.05) is 5.01 Å². The summed E-state index contributed by atoms with van der Waals surface area (Å²) in [5.41, 5.74) is 4.45. The Balaban J connectivity index is 1.62. The molecule has 2 aromatic carbocycles. The molecule has 0 unspecified atom stereocenters. The number of aryl methyl sites for hydroxylation is 1. The molecule has 8 nitrogen and oxygen atoms in total. The summed E-state index contributed by atoms with van der Waals surface area (Å²) in [5.74, 6) is -0.350. The quantitative estimate of drug-likeness (QED) is 0.317. The Morgan fingerprint density at radius 2 is 1.86 bits per heavy atom. The summed E-state index contributed by atoms with van der Waals surface area (Å²) in [6, 6.07) is 16.4. The predicted molar refractivity (Wildman–Crippen MR) is 106 cm³/mol. The van der Waals surface area contributed by atoms with Gasteiger partial charge in [0.2, 0.25) is 0 Å². The molecular formula is C21H15N3O5. The highest BCUT2D eigenvalue weighted by Gasteiger charge is 2.34. The monoisotopic (exact) mass is 389 g/mol. The Bertz CT molecular complexity index is 1180. The third-order valence-electron chi connectivity index (χ3n) is 4.41. The molecule has 0 aliphatic carbocycles. The van der Waals surface area contributed by atoms with Crippen molar-refractivity contribution in [1.29, 1.82) is 0 Å². The Kier molecular flexibility index (Phi) is 4.44. The van der Waals surface area contributed by atoms with Crippen molar-refractivity contribution >= 4 is 29.3 Å². The van der Waals surface area contributed by atoms with Gasteiger partial charge in [-0.3, -0.25) is 25.1 Å². The van der Waals surface area contributed by atoms with E-state index in [2.05, 4.69) is 5.43 Å². The summed E-state index contributed by atoms with van der Waals surface area (Å²) in [6.45, 7) is 1.89. The molecule has 0 bridgehead atoms. The van der Waals surface area contributed by atoms with Gasteiger partial charge in [0, 0.05) is 17.7 Å². The summed E-state index contributed by atoms with van der Waals surface area (Å²) in [7, 11) is 0. The standard InChI is InChI=1S/C21H15N3O5/c1-13-4-2-6-15(10-13)23-21(26)18(20(25)22-23)12-17-8-9-19(29-17)14-5-3-7-16(11-14)24(27)28/h2-12H,1H3,(H,22,25)/b18-12-. The number of nitro benzene ring substituents is 1. The highest BCUT2D eigenvalue weighted by molar-refractivity contribution is 6.31. The lowest BCUT2D eigenvalue weighted by Crippen LogP contribution is -2.35. The van der Waals surface area contributed by atoms with Crippen LogP contribution >= 0.6 is 0 Å². The maximum Gasteiger partial charge on any atom is 0.282 e. The van der Waals surface area contributed by atoms with Crippen LogP contribution in [-0.4, -0.2) is 16.7 Å². The van der Waals surface area contributed by atoms with E-state index in [1.54, 1.807) is 42.5 Å². The van der Waals surface area contributed by atoms with Gasteiger partial charge in [0.25, 0.3) is 17.5 Å². The van der Waals surface area contributed by atoms with Gasteiger partial charge in [-0.1, -0.05) is 24.3 Å². The topological polar surface area (TPSA) is 106 Å². The fourth-order valence-corrected chi connectivity index (χ4v) is 3.01. The summed E-state index contributed by atoms with van der Waals surface area (Å²) in [5, 5.41) is 12.1. The fourth-order valence-electron chi connectivity index (χ4n) is 3.01.